The third-order valence-electron chi connectivity index (χ3n) is 4.69. The highest BCUT2D eigenvalue weighted by Gasteiger charge is 2.39. The van der Waals surface area contributed by atoms with Crippen molar-refractivity contribution in [1.29, 1.82) is 0 Å². The Labute approximate surface area is 143 Å². The summed E-state index contributed by atoms with van der Waals surface area (Å²) < 4.78 is 19.5. The lowest BCUT2D eigenvalue weighted by Crippen LogP contribution is -2.53. The first-order valence-corrected chi connectivity index (χ1v) is 8.78. The topological polar surface area (TPSA) is 29.5 Å². The number of rotatable bonds is 2. The summed E-state index contributed by atoms with van der Waals surface area (Å²) >= 11 is 0. The van der Waals surface area contributed by atoms with Gasteiger partial charge in [-0.25, -0.2) is 9.18 Å². The summed E-state index contributed by atoms with van der Waals surface area (Å²) in [4.78, 5) is 14.5. The van der Waals surface area contributed by atoms with Gasteiger partial charge in [-0.05, 0) is 64.5 Å². The molecule has 1 aromatic rings. The quantitative estimate of drug-likeness (QED) is 0.725. The van der Waals surface area contributed by atoms with Gasteiger partial charge in [0, 0.05) is 6.04 Å². The summed E-state index contributed by atoms with van der Waals surface area (Å²) in [7, 11) is 0. The van der Waals surface area contributed by atoms with Crippen LogP contribution in [0.25, 0.3) is 0 Å². The molecule has 24 heavy (non-hydrogen) atoms. The number of halogens is 1. The van der Waals surface area contributed by atoms with Gasteiger partial charge in [-0.15, -0.1) is 0 Å². The lowest BCUT2D eigenvalue weighted by Gasteiger charge is -2.45. The SMILES string of the molecule is CC(C)(C)OC(=O)N1C2C=C(Cc3ccccc3F)CC1CCC2. The standard InChI is InChI=1S/C20H26FNO2/c1-20(2,3)24-19(23)22-16-8-6-9-17(22)13-14(12-16)11-15-7-4-5-10-18(15)21/h4-5,7,10,12,16-17H,6,8-9,11,13H2,1-3H3. The Kier molecular flexibility index (Phi) is 4.66. The van der Waals surface area contributed by atoms with Crippen LogP contribution in [0.5, 0.6) is 0 Å². The number of hydrogen-bond donors (Lipinski definition) is 0. The fraction of sp³-hybridized carbons (Fsp3) is 0.550. The average molecular weight is 331 g/mol. The van der Waals surface area contributed by atoms with Crippen LogP contribution < -0.4 is 0 Å². The normalized spacial score (nSPS) is 23.7. The van der Waals surface area contributed by atoms with Crippen molar-refractivity contribution in [3.05, 3.63) is 47.3 Å². The van der Waals surface area contributed by atoms with Gasteiger partial charge in [0.15, 0.2) is 0 Å². The summed E-state index contributed by atoms with van der Waals surface area (Å²) in [6.07, 6.45) is 6.44. The van der Waals surface area contributed by atoms with Crippen LogP contribution in [0.3, 0.4) is 0 Å². The van der Waals surface area contributed by atoms with Crippen LogP contribution in [0.2, 0.25) is 0 Å². The van der Waals surface area contributed by atoms with Crippen molar-refractivity contribution < 1.29 is 13.9 Å². The van der Waals surface area contributed by atoms with Crippen molar-refractivity contribution >= 4 is 6.09 Å². The second-order valence-corrected chi connectivity index (χ2v) is 7.84. The molecule has 1 saturated heterocycles. The Hall–Kier alpha value is -1.84. The monoisotopic (exact) mass is 331 g/mol. The Morgan fingerprint density at radius 2 is 2.04 bits per heavy atom. The molecular formula is C20H26FNO2. The van der Waals surface area contributed by atoms with Crippen molar-refractivity contribution in [2.45, 2.75) is 70.6 Å². The molecule has 0 N–H and O–H groups in total. The van der Waals surface area contributed by atoms with Gasteiger partial charge < -0.3 is 4.74 Å². The molecule has 0 spiro atoms. The third kappa shape index (κ3) is 3.80. The number of benzene rings is 1. The summed E-state index contributed by atoms with van der Waals surface area (Å²) in [5.74, 6) is -0.155. The maximum Gasteiger partial charge on any atom is 0.411 e. The molecule has 2 heterocycles. The molecular weight excluding hydrogens is 305 g/mol. The first kappa shape index (κ1) is 17.0. The fourth-order valence-corrected chi connectivity index (χ4v) is 3.73. The number of hydrogen-bond acceptors (Lipinski definition) is 2. The molecule has 2 unspecified atom stereocenters. The van der Waals surface area contributed by atoms with Gasteiger partial charge in [-0.1, -0.05) is 29.8 Å². The van der Waals surface area contributed by atoms with E-state index in [4.69, 9.17) is 4.74 Å². The van der Waals surface area contributed by atoms with E-state index in [0.29, 0.717) is 6.42 Å². The Balaban J connectivity index is 1.77. The van der Waals surface area contributed by atoms with Crippen LogP contribution in [-0.4, -0.2) is 28.7 Å². The van der Waals surface area contributed by atoms with Crippen molar-refractivity contribution in [2.75, 3.05) is 0 Å². The average Bonchev–Trinajstić information content (AvgIpc) is 2.47. The van der Waals surface area contributed by atoms with Crippen LogP contribution in [0.1, 0.15) is 52.0 Å². The fourth-order valence-electron chi connectivity index (χ4n) is 3.73. The van der Waals surface area contributed by atoms with Crippen LogP contribution in [0, 0.1) is 5.82 Å². The molecule has 2 bridgehead atoms. The number of carbonyl (C=O) groups is 1. The number of amides is 1. The van der Waals surface area contributed by atoms with Crippen LogP contribution in [-0.2, 0) is 11.2 Å². The Morgan fingerprint density at radius 3 is 2.71 bits per heavy atom. The van der Waals surface area contributed by atoms with Crippen LogP contribution >= 0.6 is 0 Å². The molecule has 0 aromatic heterocycles. The zero-order valence-electron chi connectivity index (χ0n) is 14.7. The third-order valence-corrected chi connectivity index (χ3v) is 4.69. The number of nitrogens with zero attached hydrogens (tertiary/aromatic N) is 1. The van der Waals surface area contributed by atoms with E-state index in [1.54, 1.807) is 6.07 Å². The van der Waals surface area contributed by atoms with E-state index in [0.717, 1.165) is 31.2 Å². The number of carbonyl (C=O) groups excluding carboxylic acids is 1. The highest BCUT2D eigenvalue weighted by atomic mass is 19.1. The zero-order valence-corrected chi connectivity index (χ0v) is 14.7. The van der Waals surface area contributed by atoms with Gasteiger partial charge in [0.05, 0.1) is 6.04 Å². The predicted octanol–water partition coefficient (Wildman–Crippen LogP) is 4.86. The van der Waals surface area contributed by atoms with E-state index >= 15 is 0 Å². The molecule has 3 rings (SSSR count). The second kappa shape index (κ2) is 6.58. The molecule has 2 atom stereocenters. The molecule has 130 valence electrons. The molecule has 0 aliphatic carbocycles. The molecule has 2 aliphatic rings. The van der Waals surface area contributed by atoms with Crippen LogP contribution in [0.4, 0.5) is 9.18 Å². The summed E-state index contributed by atoms with van der Waals surface area (Å²) in [5.41, 5.74) is 1.48. The highest BCUT2D eigenvalue weighted by Crippen LogP contribution is 2.35. The van der Waals surface area contributed by atoms with Crippen LogP contribution in [0.15, 0.2) is 35.9 Å². The van der Waals surface area contributed by atoms with E-state index in [9.17, 15) is 9.18 Å². The molecule has 1 fully saturated rings. The first-order chi connectivity index (χ1) is 11.3. The molecule has 4 heteroatoms. The molecule has 3 nitrogen and oxygen atoms in total. The zero-order chi connectivity index (χ0) is 17.3. The van der Waals surface area contributed by atoms with E-state index < -0.39 is 5.60 Å². The van der Waals surface area contributed by atoms with Gasteiger partial charge in [-0.2, -0.15) is 0 Å². The summed E-state index contributed by atoms with van der Waals surface area (Å²) in [6, 6.07) is 7.18. The van der Waals surface area contributed by atoms with E-state index in [1.807, 2.05) is 37.8 Å². The summed E-state index contributed by atoms with van der Waals surface area (Å²) in [5, 5.41) is 0. The summed E-state index contributed by atoms with van der Waals surface area (Å²) in [6.45, 7) is 5.68. The number of ether oxygens (including phenoxy) is 1. The smallest absolute Gasteiger partial charge is 0.411 e. The van der Waals surface area contributed by atoms with Crippen molar-refractivity contribution in [1.82, 2.24) is 4.90 Å². The number of piperidine rings is 1. The van der Waals surface area contributed by atoms with Gasteiger partial charge in [0.2, 0.25) is 0 Å². The Bertz CT molecular complexity index is 647. The van der Waals surface area contributed by atoms with Crippen molar-refractivity contribution in [3.63, 3.8) is 0 Å². The van der Waals surface area contributed by atoms with Gasteiger partial charge in [0.25, 0.3) is 0 Å². The molecule has 2 aliphatic heterocycles. The maximum absolute atomic E-state index is 13.9. The second-order valence-electron chi connectivity index (χ2n) is 7.84. The largest absolute Gasteiger partial charge is 0.444 e. The predicted molar refractivity (Wildman–Crippen MR) is 92.3 cm³/mol. The minimum Gasteiger partial charge on any atom is -0.444 e. The van der Waals surface area contributed by atoms with Gasteiger partial charge >= 0.3 is 6.09 Å². The number of fused-ring (bicyclic) bond motifs is 2. The van der Waals surface area contributed by atoms with Crippen molar-refractivity contribution in [3.8, 4) is 0 Å². The molecule has 0 radical (unpaired) electrons. The van der Waals surface area contributed by atoms with Crippen molar-refractivity contribution in [2.24, 2.45) is 0 Å². The Morgan fingerprint density at radius 1 is 1.29 bits per heavy atom. The van der Waals surface area contributed by atoms with Gasteiger partial charge in [-0.3, -0.25) is 4.90 Å². The van der Waals surface area contributed by atoms with E-state index in [2.05, 4.69) is 6.08 Å². The molecule has 0 saturated carbocycles. The van der Waals surface area contributed by atoms with E-state index in [1.165, 1.54) is 11.6 Å². The highest BCUT2D eigenvalue weighted by molar-refractivity contribution is 5.70. The van der Waals surface area contributed by atoms with Gasteiger partial charge in [0.1, 0.15) is 11.4 Å². The molecule has 1 amide bonds. The first-order valence-electron chi connectivity index (χ1n) is 8.78. The lowest BCUT2D eigenvalue weighted by atomic mass is 9.83. The minimum atomic E-state index is -0.484. The lowest BCUT2D eigenvalue weighted by molar-refractivity contribution is -0.00150. The van der Waals surface area contributed by atoms with E-state index in [-0.39, 0.29) is 24.0 Å². The minimum absolute atomic E-state index is 0.0779. The molecule has 1 aromatic carbocycles. The maximum atomic E-state index is 13.9.